The van der Waals surface area contributed by atoms with Gasteiger partial charge >= 0.3 is 0 Å². The summed E-state index contributed by atoms with van der Waals surface area (Å²) >= 11 is 1.58. The zero-order valence-electron chi connectivity index (χ0n) is 12.9. The molecule has 1 amide bonds. The van der Waals surface area contributed by atoms with Crippen LogP contribution < -0.4 is 0 Å². The maximum absolute atomic E-state index is 12.5. The summed E-state index contributed by atoms with van der Waals surface area (Å²) < 4.78 is 6.00. The number of amides is 1. The lowest BCUT2D eigenvalue weighted by molar-refractivity contribution is -0.144. The SMILES string of the molecule is Cc1nc(CC(=O)N2C[C@@H](c3ccccc3)O[C@@H](C)C2)cs1. The molecule has 2 atom stereocenters. The number of aryl methyl sites for hydroxylation is 1. The Kier molecular flexibility index (Phi) is 4.55. The van der Waals surface area contributed by atoms with Crippen LogP contribution in [-0.2, 0) is 16.0 Å². The van der Waals surface area contributed by atoms with Crippen LogP contribution in [0.1, 0.15) is 29.3 Å². The van der Waals surface area contributed by atoms with E-state index in [0.29, 0.717) is 19.5 Å². The number of carbonyl (C=O) groups excluding carboxylic acids is 1. The minimum Gasteiger partial charge on any atom is -0.367 e. The first-order valence-corrected chi connectivity index (χ1v) is 8.39. The van der Waals surface area contributed by atoms with E-state index in [1.165, 1.54) is 0 Å². The number of morpholine rings is 1. The second kappa shape index (κ2) is 6.58. The second-order valence-corrected chi connectivity index (χ2v) is 6.74. The summed E-state index contributed by atoms with van der Waals surface area (Å²) in [6.45, 7) is 5.23. The lowest BCUT2D eigenvalue weighted by Gasteiger charge is -2.37. The average Bonchev–Trinajstić information content (AvgIpc) is 2.92. The monoisotopic (exact) mass is 316 g/mol. The van der Waals surface area contributed by atoms with Crippen LogP contribution in [-0.4, -0.2) is 35.0 Å². The molecule has 116 valence electrons. The van der Waals surface area contributed by atoms with Crippen LogP contribution in [0.4, 0.5) is 0 Å². The molecule has 0 bridgehead atoms. The van der Waals surface area contributed by atoms with Crippen LogP contribution in [0.3, 0.4) is 0 Å². The molecular weight excluding hydrogens is 296 g/mol. The Morgan fingerprint density at radius 1 is 1.36 bits per heavy atom. The van der Waals surface area contributed by atoms with Gasteiger partial charge in [-0.05, 0) is 19.4 Å². The zero-order valence-corrected chi connectivity index (χ0v) is 13.7. The van der Waals surface area contributed by atoms with Gasteiger partial charge in [-0.2, -0.15) is 0 Å². The number of nitrogens with zero attached hydrogens (tertiary/aromatic N) is 2. The molecule has 0 spiro atoms. The van der Waals surface area contributed by atoms with E-state index in [4.69, 9.17) is 4.74 Å². The van der Waals surface area contributed by atoms with Crippen LogP contribution in [0.25, 0.3) is 0 Å². The van der Waals surface area contributed by atoms with E-state index in [1.807, 2.05) is 42.3 Å². The van der Waals surface area contributed by atoms with Crippen molar-refractivity contribution in [1.82, 2.24) is 9.88 Å². The Hall–Kier alpha value is -1.72. The summed E-state index contributed by atoms with van der Waals surface area (Å²) in [6.07, 6.45) is 0.365. The van der Waals surface area contributed by atoms with Crippen LogP contribution in [0.5, 0.6) is 0 Å². The Bertz CT molecular complexity index is 641. The Labute approximate surface area is 134 Å². The number of aromatic nitrogens is 1. The molecule has 5 heteroatoms. The molecule has 0 aliphatic carbocycles. The van der Waals surface area contributed by atoms with Gasteiger partial charge in [0, 0.05) is 11.9 Å². The summed E-state index contributed by atoms with van der Waals surface area (Å²) in [7, 11) is 0. The number of rotatable bonds is 3. The largest absolute Gasteiger partial charge is 0.367 e. The highest BCUT2D eigenvalue weighted by Gasteiger charge is 2.29. The molecule has 1 aliphatic rings. The summed E-state index contributed by atoms with van der Waals surface area (Å²) in [4.78, 5) is 18.8. The first-order chi connectivity index (χ1) is 10.6. The van der Waals surface area contributed by atoms with E-state index in [9.17, 15) is 4.79 Å². The highest BCUT2D eigenvalue weighted by atomic mass is 32.1. The maximum Gasteiger partial charge on any atom is 0.228 e. The van der Waals surface area contributed by atoms with Crippen molar-refractivity contribution in [1.29, 1.82) is 0 Å². The van der Waals surface area contributed by atoms with Gasteiger partial charge in [0.25, 0.3) is 0 Å². The van der Waals surface area contributed by atoms with E-state index >= 15 is 0 Å². The van der Waals surface area contributed by atoms with E-state index < -0.39 is 0 Å². The lowest BCUT2D eigenvalue weighted by atomic mass is 10.1. The lowest BCUT2D eigenvalue weighted by Crippen LogP contribution is -2.46. The fourth-order valence-electron chi connectivity index (χ4n) is 2.76. The van der Waals surface area contributed by atoms with Gasteiger partial charge in [-0.15, -0.1) is 11.3 Å². The van der Waals surface area contributed by atoms with Gasteiger partial charge in [-0.1, -0.05) is 30.3 Å². The molecule has 0 radical (unpaired) electrons. The molecule has 0 saturated carbocycles. The van der Waals surface area contributed by atoms with E-state index in [1.54, 1.807) is 11.3 Å². The summed E-state index contributed by atoms with van der Waals surface area (Å²) in [5.41, 5.74) is 1.99. The molecule has 1 saturated heterocycles. The Morgan fingerprint density at radius 2 is 2.14 bits per heavy atom. The summed E-state index contributed by atoms with van der Waals surface area (Å²) in [5, 5.41) is 2.96. The van der Waals surface area contributed by atoms with Crippen LogP contribution in [0.2, 0.25) is 0 Å². The number of carbonyl (C=O) groups is 1. The van der Waals surface area contributed by atoms with E-state index in [2.05, 4.69) is 17.1 Å². The molecule has 1 aliphatic heterocycles. The second-order valence-electron chi connectivity index (χ2n) is 5.68. The first-order valence-electron chi connectivity index (χ1n) is 7.51. The summed E-state index contributed by atoms with van der Waals surface area (Å²) in [5.74, 6) is 0.126. The van der Waals surface area contributed by atoms with Crippen molar-refractivity contribution in [2.45, 2.75) is 32.5 Å². The van der Waals surface area contributed by atoms with Crippen molar-refractivity contribution in [3.05, 3.63) is 52.0 Å². The van der Waals surface area contributed by atoms with E-state index in [0.717, 1.165) is 16.3 Å². The molecule has 1 aromatic carbocycles. The van der Waals surface area contributed by atoms with Crippen LogP contribution in [0, 0.1) is 6.92 Å². The smallest absolute Gasteiger partial charge is 0.228 e. The molecule has 4 nitrogen and oxygen atoms in total. The third-order valence-electron chi connectivity index (χ3n) is 3.78. The third-order valence-corrected chi connectivity index (χ3v) is 4.61. The number of hydrogen-bond acceptors (Lipinski definition) is 4. The zero-order chi connectivity index (χ0) is 15.5. The van der Waals surface area contributed by atoms with Crippen molar-refractivity contribution in [2.24, 2.45) is 0 Å². The predicted molar refractivity (Wildman–Crippen MR) is 86.9 cm³/mol. The molecule has 0 N–H and O–H groups in total. The first kappa shape index (κ1) is 15.2. The van der Waals surface area contributed by atoms with Gasteiger partial charge in [0.2, 0.25) is 5.91 Å². The van der Waals surface area contributed by atoms with Gasteiger partial charge in [-0.25, -0.2) is 4.98 Å². The van der Waals surface area contributed by atoms with Crippen molar-refractivity contribution in [3.8, 4) is 0 Å². The molecule has 3 rings (SSSR count). The molecule has 0 unspecified atom stereocenters. The van der Waals surface area contributed by atoms with E-state index in [-0.39, 0.29) is 18.1 Å². The van der Waals surface area contributed by atoms with Crippen molar-refractivity contribution >= 4 is 17.2 Å². The van der Waals surface area contributed by atoms with Crippen molar-refractivity contribution in [2.75, 3.05) is 13.1 Å². The molecule has 1 aromatic heterocycles. The van der Waals surface area contributed by atoms with Gasteiger partial charge in [0.05, 0.1) is 29.8 Å². The summed E-state index contributed by atoms with van der Waals surface area (Å²) in [6, 6.07) is 10.1. The number of ether oxygens (including phenoxy) is 1. The highest BCUT2D eigenvalue weighted by molar-refractivity contribution is 7.09. The standard InChI is InChI=1S/C17H20N2O2S/c1-12-9-19(17(20)8-15-11-22-13(2)18-15)10-16(21-12)14-6-4-3-5-7-14/h3-7,11-12,16H,8-10H2,1-2H3/t12-,16-/m0/s1. The average molecular weight is 316 g/mol. The fourth-order valence-corrected chi connectivity index (χ4v) is 3.38. The molecule has 1 fully saturated rings. The van der Waals surface area contributed by atoms with Crippen LogP contribution >= 0.6 is 11.3 Å². The minimum absolute atomic E-state index is 0.0417. The Balaban J connectivity index is 1.69. The molecule has 2 heterocycles. The third kappa shape index (κ3) is 3.54. The Morgan fingerprint density at radius 3 is 2.82 bits per heavy atom. The fraction of sp³-hybridized carbons (Fsp3) is 0.412. The molecule has 22 heavy (non-hydrogen) atoms. The van der Waals surface area contributed by atoms with Gasteiger partial charge < -0.3 is 9.64 Å². The molecule has 2 aromatic rings. The maximum atomic E-state index is 12.5. The quantitative estimate of drug-likeness (QED) is 0.874. The normalized spacial score (nSPS) is 21.8. The van der Waals surface area contributed by atoms with Crippen LogP contribution in [0.15, 0.2) is 35.7 Å². The predicted octanol–water partition coefficient (Wildman–Crippen LogP) is 2.98. The molecular formula is C17H20N2O2S. The van der Waals surface area contributed by atoms with Gasteiger partial charge in [0.1, 0.15) is 6.10 Å². The van der Waals surface area contributed by atoms with Crippen molar-refractivity contribution in [3.63, 3.8) is 0 Å². The number of thiazole rings is 1. The topological polar surface area (TPSA) is 42.4 Å². The minimum atomic E-state index is -0.0499. The van der Waals surface area contributed by atoms with Crippen molar-refractivity contribution < 1.29 is 9.53 Å². The highest BCUT2D eigenvalue weighted by Crippen LogP contribution is 2.25. The number of benzene rings is 1. The van der Waals surface area contributed by atoms with Gasteiger partial charge in [-0.3, -0.25) is 4.79 Å². The van der Waals surface area contributed by atoms with Gasteiger partial charge in [0.15, 0.2) is 0 Å². The number of hydrogen-bond donors (Lipinski definition) is 0.